The van der Waals surface area contributed by atoms with E-state index in [1.165, 1.54) is 36.0 Å². The summed E-state index contributed by atoms with van der Waals surface area (Å²) in [5, 5.41) is 12.6. The van der Waals surface area contributed by atoms with Crippen LogP contribution >= 0.6 is 11.8 Å². The van der Waals surface area contributed by atoms with Gasteiger partial charge in [-0.25, -0.2) is 0 Å². The van der Waals surface area contributed by atoms with Crippen LogP contribution in [0.15, 0.2) is 47.6 Å². The number of hydrogen-bond acceptors (Lipinski definition) is 6. The highest BCUT2D eigenvalue weighted by molar-refractivity contribution is 7.99. The van der Waals surface area contributed by atoms with Crippen molar-refractivity contribution in [2.24, 2.45) is 0 Å². The van der Waals surface area contributed by atoms with E-state index in [-0.39, 0.29) is 11.7 Å². The Labute approximate surface area is 212 Å². The highest BCUT2D eigenvalue weighted by atomic mass is 32.2. The Kier molecular flexibility index (Phi) is 8.33. The average Bonchev–Trinajstić information content (AvgIpc) is 3.55. The van der Waals surface area contributed by atoms with Crippen molar-refractivity contribution < 1.29 is 4.79 Å². The maximum atomic E-state index is 12.7. The zero-order valence-corrected chi connectivity index (χ0v) is 22.1. The number of carbonyl (C=O) groups excluding carboxylic acids is 1. The molecule has 0 aliphatic carbocycles. The molecule has 0 bridgehead atoms. The van der Waals surface area contributed by atoms with Crippen molar-refractivity contribution in [3.05, 3.63) is 48.0 Å². The van der Waals surface area contributed by atoms with E-state index >= 15 is 0 Å². The summed E-state index contributed by atoms with van der Waals surface area (Å²) in [6.07, 6.45) is 2.50. The van der Waals surface area contributed by atoms with Crippen LogP contribution in [0.25, 0.3) is 11.4 Å². The number of rotatable bonds is 10. The zero-order valence-electron chi connectivity index (χ0n) is 21.3. The first-order valence-electron chi connectivity index (χ1n) is 12.6. The normalized spacial score (nSPS) is 13.3. The Bertz CT molecular complexity index is 1130. The molecule has 35 heavy (non-hydrogen) atoms. The summed E-state index contributed by atoms with van der Waals surface area (Å²) in [7, 11) is 0. The molecule has 1 aliphatic heterocycles. The maximum absolute atomic E-state index is 12.7. The van der Waals surface area contributed by atoms with Crippen molar-refractivity contribution in [2.45, 2.75) is 52.2 Å². The van der Waals surface area contributed by atoms with Crippen LogP contribution in [0.3, 0.4) is 0 Å². The fraction of sp³-hybridized carbons (Fsp3) is 0.444. The third kappa shape index (κ3) is 5.81. The summed E-state index contributed by atoms with van der Waals surface area (Å²) >= 11 is 1.42. The van der Waals surface area contributed by atoms with Gasteiger partial charge in [0.2, 0.25) is 5.91 Å². The Morgan fingerprint density at radius 3 is 2.37 bits per heavy atom. The number of nitrogens with one attached hydrogen (secondary N) is 1. The van der Waals surface area contributed by atoms with Gasteiger partial charge in [0.05, 0.1) is 5.75 Å². The lowest BCUT2D eigenvalue weighted by atomic mass is 10.1. The SMILES string of the molecule is CCN(CC)c1ccc(-c2nnc(SCC(=O)Nc3ccc(N4CCCC4)cc3C)n2CC)cc1. The van der Waals surface area contributed by atoms with Crippen LogP contribution < -0.4 is 15.1 Å². The van der Waals surface area contributed by atoms with Gasteiger partial charge in [-0.05, 0) is 88.6 Å². The third-order valence-electron chi connectivity index (χ3n) is 6.57. The smallest absolute Gasteiger partial charge is 0.234 e. The molecule has 186 valence electrons. The van der Waals surface area contributed by atoms with E-state index in [1.807, 2.05) is 13.0 Å². The van der Waals surface area contributed by atoms with Crippen molar-refractivity contribution in [3.63, 3.8) is 0 Å². The molecule has 0 saturated carbocycles. The Balaban J connectivity index is 1.39. The van der Waals surface area contributed by atoms with Gasteiger partial charge in [0.25, 0.3) is 0 Å². The van der Waals surface area contributed by atoms with E-state index in [0.29, 0.717) is 0 Å². The molecule has 8 heteroatoms. The van der Waals surface area contributed by atoms with Gasteiger partial charge >= 0.3 is 0 Å². The largest absolute Gasteiger partial charge is 0.372 e. The second kappa shape index (κ2) is 11.6. The number of amides is 1. The van der Waals surface area contributed by atoms with E-state index in [0.717, 1.165) is 60.5 Å². The Morgan fingerprint density at radius 1 is 1.03 bits per heavy atom. The molecule has 2 heterocycles. The van der Waals surface area contributed by atoms with Crippen LogP contribution in [0.5, 0.6) is 0 Å². The van der Waals surface area contributed by atoms with Gasteiger partial charge in [0, 0.05) is 55.3 Å². The predicted molar refractivity (Wildman–Crippen MR) is 147 cm³/mol. The molecule has 0 spiro atoms. The second-order valence-corrected chi connectivity index (χ2v) is 9.74. The minimum absolute atomic E-state index is 0.0391. The van der Waals surface area contributed by atoms with Crippen molar-refractivity contribution in [1.29, 1.82) is 0 Å². The highest BCUT2D eigenvalue weighted by Crippen LogP contribution is 2.28. The lowest BCUT2D eigenvalue weighted by Crippen LogP contribution is -2.21. The van der Waals surface area contributed by atoms with Gasteiger partial charge in [0.15, 0.2) is 11.0 Å². The number of hydrogen-bond donors (Lipinski definition) is 1. The molecule has 1 aromatic heterocycles. The number of benzene rings is 2. The van der Waals surface area contributed by atoms with Gasteiger partial charge < -0.3 is 19.7 Å². The standard InChI is InChI=1S/C27H36N6OS/c1-5-31(6-2)22-12-10-21(11-13-22)26-29-30-27(33(26)7-3)35-19-25(34)28-24-15-14-23(18-20(24)4)32-16-8-9-17-32/h10-15,18H,5-9,16-17,19H2,1-4H3,(H,28,34). The van der Waals surface area contributed by atoms with Gasteiger partial charge in [-0.3, -0.25) is 4.79 Å². The third-order valence-corrected chi connectivity index (χ3v) is 7.54. The molecular weight excluding hydrogens is 456 g/mol. The number of aromatic nitrogens is 3. The Morgan fingerprint density at radius 2 is 1.74 bits per heavy atom. The summed E-state index contributed by atoms with van der Waals surface area (Å²) in [6, 6.07) is 14.7. The average molecular weight is 493 g/mol. The molecule has 0 atom stereocenters. The van der Waals surface area contributed by atoms with Crippen LogP contribution in [-0.4, -0.2) is 52.6 Å². The van der Waals surface area contributed by atoms with Crippen LogP contribution in [-0.2, 0) is 11.3 Å². The van der Waals surface area contributed by atoms with Gasteiger partial charge in [-0.2, -0.15) is 0 Å². The molecule has 4 rings (SSSR count). The quantitative estimate of drug-likeness (QED) is 0.380. The van der Waals surface area contributed by atoms with Crippen molar-refractivity contribution >= 4 is 34.7 Å². The Hall–Kier alpha value is -3.00. The van der Waals surface area contributed by atoms with E-state index in [4.69, 9.17) is 0 Å². The molecule has 1 N–H and O–H groups in total. The fourth-order valence-electron chi connectivity index (χ4n) is 4.58. The predicted octanol–water partition coefficient (Wildman–Crippen LogP) is 5.45. The molecular formula is C27H36N6OS. The molecule has 0 radical (unpaired) electrons. The first-order valence-corrected chi connectivity index (χ1v) is 13.6. The highest BCUT2D eigenvalue weighted by Gasteiger charge is 2.17. The monoisotopic (exact) mass is 492 g/mol. The maximum Gasteiger partial charge on any atom is 0.234 e. The van der Waals surface area contributed by atoms with Crippen LogP contribution in [0.1, 0.15) is 39.2 Å². The van der Waals surface area contributed by atoms with Gasteiger partial charge in [0.1, 0.15) is 0 Å². The number of anilines is 3. The molecule has 1 saturated heterocycles. The van der Waals surface area contributed by atoms with E-state index < -0.39 is 0 Å². The molecule has 1 fully saturated rings. The lowest BCUT2D eigenvalue weighted by Gasteiger charge is -2.21. The second-order valence-electron chi connectivity index (χ2n) is 8.80. The molecule has 3 aromatic rings. The zero-order chi connectivity index (χ0) is 24.8. The van der Waals surface area contributed by atoms with E-state index in [1.54, 1.807) is 0 Å². The first-order chi connectivity index (χ1) is 17.0. The van der Waals surface area contributed by atoms with E-state index in [9.17, 15) is 4.79 Å². The molecule has 7 nitrogen and oxygen atoms in total. The number of nitrogens with zero attached hydrogens (tertiary/aromatic N) is 5. The summed E-state index contributed by atoms with van der Waals surface area (Å²) in [6.45, 7) is 13.4. The van der Waals surface area contributed by atoms with Crippen molar-refractivity contribution in [1.82, 2.24) is 14.8 Å². The minimum Gasteiger partial charge on any atom is -0.372 e. The van der Waals surface area contributed by atoms with E-state index in [2.05, 4.69) is 87.1 Å². The minimum atomic E-state index is -0.0391. The van der Waals surface area contributed by atoms with Crippen molar-refractivity contribution in [3.8, 4) is 11.4 Å². The van der Waals surface area contributed by atoms with Gasteiger partial charge in [-0.1, -0.05) is 11.8 Å². The summed E-state index contributed by atoms with van der Waals surface area (Å²) in [5.74, 6) is 1.07. The van der Waals surface area contributed by atoms with Crippen molar-refractivity contribution in [2.75, 3.05) is 47.0 Å². The topological polar surface area (TPSA) is 66.3 Å². The van der Waals surface area contributed by atoms with Gasteiger partial charge in [-0.15, -0.1) is 10.2 Å². The molecule has 2 aromatic carbocycles. The summed E-state index contributed by atoms with van der Waals surface area (Å²) in [5.41, 5.74) is 5.42. The number of aryl methyl sites for hydroxylation is 1. The van der Waals surface area contributed by atoms with Crippen LogP contribution in [0, 0.1) is 6.92 Å². The number of carbonyl (C=O) groups is 1. The first kappa shape index (κ1) is 25.1. The fourth-order valence-corrected chi connectivity index (χ4v) is 5.38. The van der Waals surface area contributed by atoms with Crippen LogP contribution in [0.2, 0.25) is 0 Å². The summed E-state index contributed by atoms with van der Waals surface area (Å²) in [4.78, 5) is 17.4. The molecule has 1 amide bonds. The molecule has 0 unspecified atom stereocenters. The van der Waals surface area contributed by atoms with Crippen LogP contribution in [0.4, 0.5) is 17.1 Å². The number of thioether (sulfide) groups is 1. The summed E-state index contributed by atoms with van der Waals surface area (Å²) < 4.78 is 2.07. The molecule has 1 aliphatic rings. The lowest BCUT2D eigenvalue weighted by molar-refractivity contribution is -0.113.